The highest BCUT2D eigenvalue weighted by Gasteiger charge is 2.35. The van der Waals surface area contributed by atoms with Crippen molar-refractivity contribution < 1.29 is 0 Å². The molecule has 1 saturated carbocycles. The van der Waals surface area contributed by atoms with Gasteiger partial charge in [0.15, 0.2) is 5.96 Å². The molecule has 2 unspecified atom stereocenters. The summed E-state index contributed by atoms with van der Waals surface area (Å²) in [7, 11) is 3.85. The van der Waals surface area contributed by atoms with Crippen LogP contribution in [0.2, 0.25) is 0 Å². The third-order valence-electron chi connectivity index (χ3n) is 7.02. The van der Waals surface area contributed by atoms with E-state index in [0.717, 1.165) is 32.0 Å². The standard InChI is InChI=1S/C25H39N7.HI/c1-20(21-10-5-4-6-11-21)30-25(13-7-8-14-25)19-27-24(26-2)29-22-12-9-15-32(17-22)23-16-28-31(3)18-23;/h4-6,10-11,16,18,20,22,30H,7-9,12-15,17,19H2,1-3H3,(H2,26,27,29);1H. The highest BCUT2D eigenvalue weighted by molar-refractivity contribution is 14.0. The van der Waals surface area contributed by atoms with Crippen LogP contribution in [0.5, 0.6) is 0 Å². The summed E-state index contributed by atoms with van der Waals surface area (Å²) in [6.07, 6.45) is 11.3. The number of aliphatic imine (C=N–C) groups is 1. The molecule has 2 heterocycles. The Morgan fingerprint density at radius 2 is 1.97 bits per heavy atom. The van der Waals surface area contributed by atoms with Crippen molar-refractivity contribution >= 4 is 35.6 Å². The van der Waals surface area contributed by atoms with Gasteiger partial charge in [-0.3, -0.25) is 9.67 Å². The van der Waals surface area contributed by atoms with Crippen LogP contribution in [-0.2, 0) is 7.05 Å². The maximum Gasteiger partial charge on any atom is 0.191 e. The van der Waals surface area contributed by atoms with Crippen LogP contribution in [0, 0.1) is 0 Å². The first-order chi connectivity index (χ1) is 15.6. The highest BCUT2D eigenvalue weighted by Crippen LogP contribution is 2.32. The number of nitrogens with one attached hydrogen (secondary N) is 3. The molecular formula is C25H40IN7. The summed E-state index contributed by atoms with van der Waals surface area (Å²) in [6, 6.07) is 11.5. The lowest BCUT2D eigenvalue weighted by molar-refractivity contribution is 0.296. The minimum Gasteiger partial charge on any atom is -0.367 e. The molecular weight excluding hydrogens is 525 g/mol. The second-order valence-corrected chi connectivity index (χ2v) is 9.49. The van der Waals surface area contributed by atoms with Crippen LogP contribution in [0.15, 0.2) is 47.7 Å². The zero-order valence-electron chi connectivity index (χ0n) is 20.3. The molecule has 2 aliphatic rings. The summed E-state index contributed by atoms with van der Waals surface area (Å²) < 4.78 is 1.87. The number of piperidine rings is 1. The summed E-state index contributed by atoms with van der Waals surface area (Å²) in [6.45, 7) is 5.22. The van der Waals surface area contributed by atoms with Crippen LogP contribution in [0.1, 0.15) is 57.1 Å². The molecule has 7 nitrogen and oxygen atoms in total. The number of guanidine groups is 1. The molecule has 33 heavy (non-hydrogen) atoms. The number of rotatable bonds is 7. The molecule has 182 valence electrons. The van der Waals surface area contributed by atoms with Crippen LogP contribution in [0.25, 0.3) is 0 Å². The number of hydrogen-bond acceptors (Lipinski definition) is 4. The van der Waals surface area contributed by atoms with Gasteiger partial charge in [-0.25, -0.2) is 0 Å². The van der Waals surface area contributed by atoms with E-state index in [2.05, 4.69) is 74.4 Å². The fourth-order valence-corrected chi connectivity index (χ4v) is 5.25. The van der Waals surface area contributed by atoms with E-state index in [4.69, 9.17) is 0 Å². The molecule has 0 radical (unpaired) electrons. The lowest BCUT2D eigenvalue weighted by Gasteiger charge is -2.37. The molecule has 0 bridgehead atoms. The summed E-state index contributed by atoms with van der Waals surface area (Å²) in [4.78, 5) is 6.96. The highest BCUT2D eigenvalue weighted by atomic mass is 127. The molecule has 2 atom stereocenters. The zero-order chi connectivity index (χ0) is 22.4. The van der Waals surface area contributed by atoms with Crippen LogP contribution >= 0.6 is 24.0 Å². The Bertz CT molecular complexity index is 876. The molecule has 3 N–H and O–H groups in total. The number of benzene rings is 1. The molecule has 2 fully saturated rings. The van der Waals surface area contributed by atoms with Gasteiger partial charge in [0.25, 0.3) is 0 Å². The summed E-state index contributed by atoms with van der Waals surface area (Å²) in [5.74, 6) is 0.906. The van der Waals surface area contributed by atoms with Crippen LogP contribution in [0.3, 0.4) is 0 Å². The largest absolute Gasteiger partial charge is 0.367 e. The molecule has 4 rings (SSSR count). The smallest absolute Gasteiger partial charge is 0.191 e. The van der Waals surface area contributed by atoms with Crippen molar-refractivity contribution in [2.45, 2.75) is 63.1 Å². The first-order valence-corrected chi connectivity index (χ1v) is 12.1. The Balaban J connectivity index is 0.00000306. The second-order valence-electron chi connectivity index (χ2n) is 9.49. The fraction of sp³-hybridized carbons (Fsp3) is 0.600. The van der Waals surface area contributed by atoms with E-state index in [1.165, 1.54) is 43.4 Å². The van der Waals surface area contributed by atoms with Gasteiger partial charge in [0.05, 0.1) is 11.9 Å². The minimum absolute atomic E-state index is 0. The van der Waals surface area contributed by atoms with E-state index in [1.54, 1.807) is 0 Å². The second kappa shape index (κ2) is 12.1. The Labute approximate surface area is 215 Å². The molecule has 0 amide bonds. The summed E-state index contributed by atoms with van der Waals surface area (Å²) in [5, 5.41) is 15.6. The average molecular weight is 566 g/mol. The van der Waals surface area contributed by atoms with Gasteiger partial charge in [-0.2, -0.15) is 5.10 Å². The first-order valence-electron chi connectivity index (χ1n) is 12.1. The molecule has 1 aromatic carbocycles. The van der Waals surface area contributed by atoms with Gasteiger partial charge in [0.1, 0.15) is 0 Å². The predicted molar refractivity (Wildman–Crippen MR) is 148 cm³/mol. The molecule has 8 heteroatoms. The normalized spacial score (nSPS) is 21.4. The van der Waals surface area contributed by atoms with Gasteiger partial charge in [0.2, 0.25) is 0 Å². The summed E-state index contributed by atoms with van der Waals surface area (Å²) >= 11 is 0. The molecule has 1 aliphatic carbocycles. The van der Waals surface area contributed by atoms with E-state index < -0.39 is 0 Å². The van der Waals surface area contributed by atoms with E-state index >= 15 is 0 Å². The van der Waals surface area contributed by atoms with Crippen molar-refractivity contribution in [1.82, 2.24) is 25.7 Å². The predicted octanol–water partition coefficient (Wildman–Crippen LogP) is 3.84. The number of aryl methyl sites for hydroxylation is 1. The lowest BCUT2D eigenvalue weighted by Crippen LogP contribution is -2.56. The third kappa shape index (κ3) is 6.85. The maximum absolute atomic E-state index is 4.55. The van der Waals surface area contributed by atoms with Crippen molar-refractivity contribution in [3.05, 3.63) is 48.3 Å². The third-order valence-corrected chi connectivity index (χ3v) is 7.02. The van der Waals surface area contributed by atoms with Crippen molar-refractivity contribution in [2.75, 3.05) is 31.6 Å². The van der Waals surface area contributed by atoms with Gasteiger partial charge in [-0.1, -0.05) is 43.2 Å². The number of hydrogen-bond donors (Lipinski definition) is 3. The Hall–Kier alpha value is -1.81. The Morgan fingerprint density at radius 3 is 2.64 bits per heavy atom. The Kier molecular flexibility index (Phi) is 9.43. The van der Waals surface area contributed by atoms with Crippen LogP contribution in [0.4, 0.5) is 5.69 Å². The molecule has 1 saturated heterocycles. The zero-order valence-corrected chi connectivity index (χ0v) is 22.6. The molecule has 0 spiro atoms. The van der Waals surface area contributed by atoms with E-state index in [9.17, 15) is 0 Å². The van der Waals surface area contributed by atoms with Crippen molar-refractivity contribution in [3.8, 4) is 0 Å². The van der Waals surface area contributed by atoms with Gasteiger partial charge < -0.3 is 20.9 Å². The van der Waals surface area contributed by atoms with Crippen molar-refractivity contribution in [2.24, 2.45) is 12.0 Å². The topological polar surface area (TPSA) is 69.5 Å². The van der Waals surface area contributed by atoms with E-state index in [1.807, 2.05) is 25.0 Å². The number of halogens is 1. The fourth-order valence-electron chi connectivity index (χ4n) is 5.25. The lowest BCUT2D eigenvalue weighted by atomic mass is 9.94. The minimum atomic E-state index is 0. The average Bonchev–Trinajstić information content (AvgIpc) is 3.47. The number of nitrogens with zero attached hydrogens (tertiary/aromatic N) is 4. The van der Waals surface area contributed by atoms with Gasteiger partial charge in [-0.05, 0) is 38.2 Å². The first kappa shape index (κ1) is 25.8. The van der Waals surface area contributed by atoms with Gasteiger partial charge in [-0.15, -0.1) is 24.0 Å². The van der Waals surface area contributed by atoms with Gasteiger partial charge in [0, 0.05) is 57.5 Å². The van der Waals surface area contributed by atoms with E-state index in [0.29, 0.717) is 12.1 Å². The van der Waals surface area contributed by atoms with E-state index in [-0.39, 0.29) is 29.5 Å². The monoisotopic (exact) mass is 565 g/mol. The molecule has 1 aliphatic heterocycles. The molecule has 2 aromatic rings. The number of anilines is 1. The number of aromatic nitrogens is 2. The van der Waals surface area contributed by atoms with Crippen molar-refractivity contribution in [1.29, 1.82) is 0 Å². The quantitative estimate of drug-likeness (QED) is 0.271. The van der Waals surface area contributed by atoms with Gasteiger partial charge >= 0.3 is 0 Å². The summed E-state index contributed by atoms with van der Waals surface area (Å²) in [5.41, 5.74) is 2.66. The van der Waals surface area contributed by atoms with Crippen LogP contribution in [-0.4, -0.2) is 54.0 Å². The van der Waals surface area contributed by atoms with Crippen LogP contribution < -0.4 is 20.9 Å². The van der Waals surface area contributed by atoms with Crippen molar-refractivity contribution in [3.63, 3.8) is 0 Å². The Morgan fingerprint density at radius 1 is 1.21 bits per heavy atom. The molecule has 1 aromatic heterocycles. The maximum atomic E-state index is 4.55. The SMILES string of the molecule is CN=C(NCC1(NC(C)c2ccccc2)CCCC1)NC1CCCN(c2cnn(C)c2)C1.I.